The molecule has 2 aromatic rings. The maximum atomic E-state index is 12.9. The molecule has 6 nitrogen and oxygen atoms in total. The first-order valence-electron chi connectivity index (χ1n) is 7.92. The zero-order valence-electron chi connectivity index (χ0n) is 13.7. The number of rotatable bonds is 4. The van der Waals surface area contributed by atoms with E-state index in [1.54, 1.807) is 6.92 Å². The van der Waals surface area contributed by atoms with Crippen molar-refractivity contribution in [2.75, 3.05) is 0 Å². The van der Waals surface area contributed by atoms with Crippen LogP contribution < -0.4 is 5.32 Å². The van der Waals surface area contributed by atoms with E-state index in [2.05, 4.69) is 10.4 Å². The lowest BCUT2D eigenvalue weighted by molar-refractivity contribution is -0.145. The number of halogens is 3. The van der Waals surface area contributed by atoms with Gasteiger partial charge in [0, 0.05) is 6.04 Å². The van der Waals surface area contributed by atoms with Crippen LogP contribution in [0.2, 0.25) is 0 Å². The summed E-state index contributed by atoms with van der Waals surface area (Å²) in [6.45, 7) is 1.59. The molecule has 0 spiro atoms. The second kappa shape index (κ2) is 6.47. The summed E-state index contributed by atoms with van der Waals surface area (Å²) in [4.78, 5) is 23.1. The van der Waals surface area contributed by atoms with Gasteiger partial charge in [-0.2, -0.15) is 18.3 Å². The number of nitrogens with zero attached hydrogens (tertiary/aromatic N) is 2. The number of carboxylic acids is 1. The molecule has 0 aliphatic heterocycles. The fraction of sp³-hybridized carbons (Fsp3) is 0.353. The first kappa shape index (κ1) is 18.0. The summed E-state index contributed by atoms with van der Waals surface area (Å²) in [7, 11) is 0. The highest BCUT2D eigenvalue weighted by Crippen LogP contribution is 2.31. The van der Waals surface area contributed by atoms with Gasteiger partial charge < -0.3 is 10.4 Å². The molecule has 1 fully saturated rings. The van der Waals surface area contributed by atoms with Crippen molar-refractivity contribution >= 4 is 11.9 Å². The van der Waals surface area contributed by atoms with Crippen LogP contribution in [-0.4, -0.2) is 32.8 Å². The van der Waals surface area contributed by atoms with Crippen molar-refractivity contribution in [3.05, 3.63) is 47.3 Å². The SMILES string of the molecule is Cc1c(C(=O)NC2CC(C(=O)O)C2)cnn1-c1cccc(C(F)(F)F)c1. The molecule has 1 aliphatic carbocycles. The van der Waals surface area contributed by atoms with Crippen molar-refractivity contribution in [3.63, 3.8) is 0 Å². The van der Waals surface area contributed by atoms with Crippen molar-refractivity contribution < 1.29 is 27.9 Å². The number of aromatic nitrogens is 2. The first-order valence-corrected chi connectivity index (χ1v) is 7.92. The summed E-state index contributed by atoms with van der Waals surface area (Å²) in [5.41, 5.74) is 0.0353. The minimum Gasteiger partial charge on any atom is -0.481 e. The van der Waals surface area contributed by atoms with E-state index in [9.17, 15) is 22.8 Å². The molecule has 1 aromatic heterocycles. The van der Waals surface area contributed by atoms with Gasteiger partial charge in [-0.1, -0.05) is 6.07 Å². The largest absolute Gasteiger partial charge is 0.481 e. The summed E-state index contributed by atoms with van der Waals surface area (Å²) in [5, 5.41) is 15.6. The van der Waals surface area contributed by atoms with Gasteiger partial charge in [-0.05, 0) is 38.0 Å². The standard InChI is InChI=1S/C17H16F3N3O3/c1-9-14(15(24)22-12-5-10(6-12)16(25)26)8-21-23(9)13-4-2-3-11(7-13)17(18,19)20/h2-4,7-8,10,12H,5-6H2,1H3,(H,22,24)(H,25,26). The van der Waals surface area contributed by atoms with Gasteiger partial charge in [0.1, 0.15) is 0 Å². The molecule has 1 heterocycles. The van der Waals surface area contributed by atoms with Crippen molar-refractivity contribution in [2.24, 2.45) is 5.92 Å². The van der Waals surface area contributed by atoms with Crippen LogP contribution in [0.25, 0.3) is 5.69 Å². The zero-order valence-corrected chi connectivity index (χ0v) is 13.7. The van der Waals surface area contributed by atoms with E-state index < -0.39 is 29.5 Å². The van der Waals surface area contributed by atoms with Crippen LogP contribution in [0, 0.1) is 12.8 Å². The second-order valence-corrected chi connectivity index (χ2v) is 6.28. The van der Waals surface area contributed by atoms with Gasteiger partial charge in [0.2, 0.25) is 0 Å². The molecule has 1 amide bonds. The number of hydrogen-bond donors (Lipinski definition) is 2. The van der Waals surface area contributed by atoms with E-state index in [0.717, 1.165) is 12.1 Å². The van der Waals surface area contributed by atoms with Gasteiger partial charge in [-0.15, -0.1) is 0 Å². The van der Waals surface area contributed by atoms with Gasteiger partial charge in [0.05, 0.1) is 34.6 Å². The van der Waals surface area contributed by atoms with Crippen LogP contribution in [0.1, 0.15) is 34.5 Å². The predicted octanol–water partition coefficient (Wildman–Crippen LogP) is 2.79. The molecule has 0 saturated heterocycles. The average molecular weight is 367 g/mol. The lowest BCUT2D eigenvalue weighted by Crippen LogP contribution is -2.46. The van der Waals surface area contributed by atoms with Crippen LogP contribution in [0.4, 0.5) is 13.2 Å². The molecule has 1 saturated carbocycles. The molecule has 0 atom stereocenters. The van der Waals surface area contributed by atoms with E-state index in [0.29, 0.717) is 18.5 Å². The molecule has 26 heavy (non-hydrogen) atoms. The Hall–Kier alpha value is -2.84. The number of amides is 1. The van der Waals surface area contributed by atoms with E-state index in [1.165, 1.54) is 23.0 Å². The van der Waals surface area contributed by atoms with E-state index in [4.69, 9.17) is 5.11 Å². The molecule has 1 aromatic carbocycles. The van der Waals surface area contributed by atoms with Gasteiger partial charge in [0.15, 0.2) is 0 Å². The molecule has 2 N–H and O–H groups in total. The molecular formula is C17H16F3N3O3. The molecule has 138 valence electrons. The van der Waals surface area contributed by atoms with Crippen LogP contribution in [-0.2, 0) is 11.0 Å². The zero-order chi connectivity index (χ0) is 19.1. The Morgan fingerprint density at radius 3 is 2.62 bits per heavy atom. The van der Waals surface area contributed by atoms with E-state index in [1.807, 2.05) is 0 Å². The summed E-state index contributed by atoms with van der Waals surface area (Å²) < 4.78 is 39.8. The highest BCUT2D eigenvalue weighted by atomic mass is 19.4. The average Bonchev–Trinajstić information content (AvgIpc) is 2.91. The highest BCUT2D eigenvalue weighted by molar-refractivity contribution is 5.95. The van der Waals surface area contributed by atoms with Crippen LogP contribution in [0.5, 0.6) is 0 Å². The minimum absolute atomic E-state index is 0.200. The Balaban J connectivity index is 1.76. The first-order chi connectivity index (χ1) is 12.2. The molecular weight excluding hydrogens is 351 g/mol. The Morgan fingerprint density at radius 2 is 2.00 bits per heavy atom. The van der Waals surface area contributed by atoms with E-state index in [-0.39, 0.29) is 17.3 Å². The van der Waals surface area contributed by atoms with Gasteiger partial charge in [-0.25, -0.2) is 4.68 Å². The number of benzene rings is 1. The van der Waals surface area contributed by atoms with Gasteiger partial charge in [-0.3, -0.25) is 9.59 Å². The van der Waals surface area contributed by atoms with Crippen LogP contribution >= 0.6 is 0 Å². The molecule has 0 bridgehead atoms. The fourth-order valence-corrected chi connectivity index (χ4v) is 2.91. The maximum Gasteiger partial charge on any atom is 0.416 e. The number of hydrogen-bond acceptors (Lipinski definition) is 3. The molecule has 0 radical (unpaired) electrons. The molecule has 9 heteroatoms. The molecule has 0 unspecified atom stereocenters. The van der Waals surface area contributed by atoms with Crippen LogP contribution in [0.15, 0.2) is 30.5 Å². The number of carbonyl (C=O) groups excluding carboxylic acids is 1. The predicted molar refractivity (Wildman–Crippen MR) is 84.9 cm³/mol. The second-order valence-electron chi connectivity index (χ2n) is 6.28. The third kappa shape index (κ3) is 3.42. The molecule has 1 aliphatic rings. The fourth-order valence-electron chi connectivity index (χ4n) is 2.91. The van der Waals surface area contributed by atoms with Gasteiger partial charge >= 0.3 is 12.1 Å². The van der Waals surface area contributed by atoms with Crippen molar-refractivity contribution in [3.8, 4) is 5.69 Å². The number of alkyl halides is 3. The number of carboxylic acid groups (broad SMARTS) is 1. The van der Waals surface area contributed by atoms with Crippen molar-refractivity contribution in [2.45, 2.75) is 32.0 Å². The Labute approximate surface area is 146 Å². The quantitative estimate of drug-likeness (QED) is 0.870. The minimum atomic E-state index is -4.47. The highest BCUT2D eigenvalue weighted by Gasteiger charge is 2.36. The Kier molecular flexibility index (Phi) is 4.47. The topological polar surface area (TPSA) is 84.2 Å². The third-order valence-electron chi connectivity index (χ3n) is 4.50. The monoisotopic (exact) mass is 367 g/mol. The maximum absolute atomic E-state index is 12.9. The normalized spacial score (nSPS) is 19.7. The Bertz CT molecular complexity index is 854. The van der Waals surface area contributed by atoms with Crippen molar-refractivity contribution in [1.29, 1.82) is 0 Å². The van der Waals surface area contributed by atoms with Gasteiger partial charge in [0.25, 0.3) is 5.91 Å². The van der Waals surface area contributed by atoms with E-state index >= 15 is 0 Å². The number of carbonyl (C=O) groups is 2. The number of nitrogens with one attached hydrogen (secondary N) is 1. The molecule has 3 rings (SSSR count). The summed E-state index contributed by atoms with van der Waals surface area (Å²) in [5.74, 6) is -1.76. The summed E-state index contributed by atoms with van der Waals surface area (Å²) in [6.07, 6.45) is -2.45. The number of aliphatic carboxylic acids is 1. The van der Waals surface area contributed by atoms with Crippen molar-refractivity contribution in [1.82, 2.24) is 15.1 Å². The summed E-state index contributed by atoms with van der Waals surface area (Å²) >= 11 is 0. The summed E-state index contributed by atoms with van der Waals surface area (Å²) in [6, 6.07) is 4.45. The third-order valence-corrected chi connectivity index (χ3v) is 4.50. The van der Waals surface area contributed by atoms with Crippen LogP contribution in [0.3, 0.4) is 0 Å². The lowest BCUT2D eigenvalue weighted by Gasteiger charge is -2.32. The lowest BCUT2D eigenvalue weighted by atomic mass is 9.80. The smallest absolute Gasteiger partial charge is 0.416 e. The Morgan fingerprint density at radius 1 is 1.31 bits per heavy atom.